The van der Waals surface area contributed by atoms with Gasteiger partial charge in [0.25, 0.3) is 0 Å². The van der Waals surface area contributed by atoms with E-state index in [0.29, 0.717) is 24.7 Å². The van der Waals surface area contributed by atoms with Crippen LogP contribution in [0.3, 0.4) is 0 Å². The summed E-state index contributed by atoms with van der Waals surface area (Å²) in [5.41, 5.74) is 0.387. The summed E-state index contributed by atoms with van der Waals surface area (Å²) in [7, 11) is -3.61. The quantitative estimate of drug-likeness (QED) is 0.749. The third kappa shape index (κ3) is 3.90. The molecule has 1 fully saturated rings. The first kappa shape index (κ1) is 16.1. The van der Waals surface area contributed by atoms with Gasteiger partial charge >= 0.3 is 0 Å². The first-order valence-electron chi connectivity index (χ1n) is 7.12. The molecule has 4 nitrogen and oxygen atoms in total. The zero-order chi connectivity index (χ0) is 15.5. The molecule has 0 atom stereocenters. The van der Waals surface area contributed by atoms with Crippen LogP contribution >= 0.6 is 0 Å². The summed E-state index contributed by atoms with van der Waals surface area (Å²) in [4.78, 5) is 0.125. The minimum absolute atomic E-state index is 0.125. The van der Waals surface area contributed by atoms with Crippen LogP contribution in [0.25, 0.3) is 0 Å². The number of nitrogens with zero attached hydrogens (tertiary/aromatic N) is 1. The zero-order valence-corrected chi connectivity index (χ0v) is 13.0. The molecular formula is C15H21FN2O2S. The molecule has 0 heterocycles. The smallest absolute Gasteiger partial charge is 0.243 e. The van der Waals surface area contributed by atoms with Crippen molar-refractivity contribution in [2.75, 3.05) is 13.1 Å². The van der Waals surface area contributed by atoms with Gasteiger partial charge in [-0.25, -0.2) is 12.8 Å². The van der Waals surface area contributed by atoms with Crippen molar-refractivity contribution in [2.45, 2.75) is 37.2 Å². The molecule has 0 bridgehead atoms. The number of nitrogens with one attached hydrogen (secondary N) is 1. The highest BCUT2D eigenvalue weighted by Gasteiger charge is 2.24. The Balaban J connectivity index is 2.25. The van der Waals surface area contributed by atoms with Gasteiger partial charge in [-0.1, -0.05) is 13.0 Å². The van der Waals surface area contributed by atoms with Gasteiger partial charge in [-0.3, -0.25) is 0 Å². The predicted molar refractivity (Wildman–Crippen MR) is 80.9 cm³/mol. The fraction of sp³-hybridized carbons (Fsp3) is 0.467. The van der Waals surface area contributed by atoms with Gasteiger partial charge in [0.05, 0.1) is 4.90 Å². The van der Waals surface area contributed by atoms with E-state index in [4.69, 9.17) is 0 Å². The standard InChI is InChI=1S/C15H21FN2O2S/c1-3-9-18(4-2)21(19,20)14-7-8-15(16)12(10-14)11-17-13-5-6-13/h3,7-8,10,13,17H,1,4-6,9,11H2,2H3. The molecule has 0 radical (unpaired) electrons. The molecule has 116 valence electrons. The summed E-state index contributed by atoms with van der Waals surface area (Å²) in [6.07, 6.45) is 3.74. The summed E-state index contributed by atoms with van der Waals surface area (Å²) >= 11 is 0. The van der Waals surface area contributed by atoms with E-state index in [1.165, 1.54) is 22.5 Å². The molecule has 0 saturated heterocycles. The molecule has 1 N–H and O–H groups in total. The van der Waals surface area contributed by atoms with E-state index in [-0.39, 0.29) is 17.3 Å². The molecule has 6 heteroatoms. The number of likely N-dealkylation sites (N-methyl/N-ethyl adjacent to an activating group) is 1. The lowest BCUT2D eigenvalue weighted by atomic mass is 10.2. The maximum absolute atomic E-state index is 13.8. The number of sulfonamides is 1. The maximum atomic E-state index is 13.8. The number of rotatable bonds is 8. The van der Waals surface area contributed by atoms with Gasteiger partial charge in [0, 0.05) is 31.2 Å². The number of benzene rings is 1. The second-order valence-corrected chi connectivity index (χ2v) is 7.09. The van der Waals surface area contributed by atoms with E-state index in [1.807, 2.05) is 0 Å². The maximum Gasteiger partial charge on any atom is 0.243 e. The van der Waals surface area contributed by atoms with Gasteiger partial charge in [-0.15, -0.1) is 6.58 Å². The Labute approximate surface area is 125 Å². The molecule has 0 aliphatic heterocycles. The summed E-state index contributed by atoms with van der Waals surface area (Å²) in [5, 5.41) is 3.20. The van der Waals surface area contributed by atoms with E-state index in [2.05, 4.69) is 11.9 Å². The predicted octanol–water partition coefficient (Wildman–Crippen LogP) is 2.27. The van der Waals surface area contributed by atoms with Gasteiger partial charge in [-0.05, 0) is 31.0 Å². The summed E-state index contributed by atoms with van der Waals surface area (Å²) < 4.78 is 40.1. The largest absolute Gasteiger partial charge is 0.310 e. The average molecular weight is 312 g/mol. The number of hydrogen-bond acceptors (Lipinski definition) is 3. The van der Waals surface area contributed by atoms with Crippen LogP contribution in [-0.2, 0) is 16.6 Å². The Kier molecular flexibility index (Phi) is 5.13. The van der Waals surface area contributed by atoms with Crippen LogP contribution in [0.4, 0.5) is 4.39 Å². The van der Waals surface area contributed by atoms with Gasteiger partial charge < -0.3 is 5.32 Å². The van der Waals surface area contributed by atoms with Gasteiger partial charge in [0.1, 0.15) is 5.82 Å². The van der Waals surface area contributed by atoms with Crippen molar-refractivity contribution >= 4 is 10.0 Å². The molecule has 1 aliphatic rings. The Bertz CT molecular complexity index is 612. The van der Waals surface area contributed by atoms with Crippen molar-refractivity contribution in [3.63, 3.8) is 0 Å². The minimum Gasteiger partial charge on any atom is -0.310 e. The average Bonchev–Trinajstić information content (AvgIpc) is 3.27. The van der Waals surface area contributed by atoms with Crippen molar-refractivity contribution in [3.05, 3.63) is 42.2 Å². The van der Waals surface area contributed by atoms with E-state index >= 15 is 0 Å². The Morgan fingerprint density at radius 2 is 2.19 bits per heavy atom. The van der Waals surface area contributed by atoms with Crippen molar-refractivity contribution in [2.24, 2.45) is 0 Å². The second kappa shape index (κ2) is 6.68. The van der Waals surface area contributed by atoms with Crippen LogP contribution in [0.1, 0.15) is 25.3 Å². The highest BCUT2D eigenvalue weighted by molar-refractivity contribution is 7.89. The normalized spacial score (nSPS) is 15.4. The minimum atomic E-state index is -3.61. The summed E-state index contributed by atoms with van der Waals surface area (Å²) in [6, 6.07) is 4.40. The Hall–Kier alpha value is -1.24. The molecule has 1 aromatic carbocycles. The molecule has 0 spiro atoms. The van der Waals surface area contributed by atoms with Crippen LogP contribution in [0.2, 0.25) is 0 Å². The lowest BCUT2D eigenvalue weighted by Crippen LogP contribution is -2.31. The first-order valence-corrected chi connectivity index (χ1v) is 8.56. The van der Waals surface area contributed by atoms with Crippen LogP contribution in [0, 0.1) is 5.82 Å². The van der Waals surface area contributed by atoms with Crippen molar-refractivity contribution in [3.8, 4) is 0 Å². The zero-order valence-electron chi connectivity index (χ0n) is 12.2. The first-order chi connectivity index (χ1) is 9.98. The van der Waals surface area contributed by atoms with E-state index in [0.717, 1.165) is 12.8 Å². The Morgan fingerprint density at radius 3 is 2.76 bits per heavy atom. The Morgan fingerprint density at radius 1 is 1.48 bits per heavy atom. The molecule has 21 heavy (non-hydrogen) atoms. The fourth-order valence-electron chi connectivity index (χ4n) is 2.08. The lowest BCUT2D eigenvalue weighted by molar-refractivity contribution is 0.459. The molecule has 1 aliphatic carbocycles. The highest BCUT2D eigenvalue weighted by Crippen LogP contribution is 2.22. The van der Waals surface area contributed by atoms with Crippen LogP contribution in [0.15, 0.2) is 35.7 Å². The highest BCUT2D eigenvalue weighted by atomic mass is 32.2. The van der Waals surface area contributed by atoms with E-state index in [9.17, 15) is 12.8 Å². The molecule has 1 saturated carbocycles. The molecular weight excluding hydrogens is 291 g/mol. The van der Waals surface area contributed by atoms with Gasteiger partial charge in [0.2, 0.25) is 10.0 Å². The summed E-state index contributed by atoms with van der Waals surface area (Å²) in [5.74, 6) is -0.381. The second-order valence-electron chi connectivity index (χ2n) is 5.15. The fourth-order valence-corrected chi connectivity index (χ4v) is 3.55. The molecule has 2 rings (SSSR count). The van der Waals surface area contributed by atoms with Crippen LogP contribution in [-0.4, -0.2) is 31.9 Å². The van der Waals surface area contributed by atoms with E-state index in [1.54, 1.807) is 13.0 Å². The van der Waals surface area contributed by atoms with Gasteiger partial charge in [-0.2, -0.15) is 4.31 Å². The van der Waals surface area contributed by atoms with Crippen LogP contribution in [0.5, 0.6) is 0 Å². The summed E-state index contributed by atoms with van der Waals surface area (Å²) in [6.45, 7) is 6.28. The lowest BCUT2D eigenvalue weighted by Gasteiger charge is -2.19. The monoisotopic (exact) mass is 312 g/mol. The SMILES string of the molecule is C=CCN(CC)S(=O)(=O)c1ccc(F)c(CNC2CC2)c1. The van der Waals surface area contributed by atoms with Crippen molar-refractivity contribution < 1.29 is 12.8 Å². The van der Waals surface area contributed by atoms with Gasteiger partial charge in [0.15, 0.2) is 0 Å². The molecule has 0 amide bonds. The molecule has 1 aromatic rings. The number of halogens is 1. The number of hydrogen-bond donors (Lipinski definition) is 1. The van der Waals surface area contributed by atoms with Crippen LogP contribution < -0.4 is 5.32 Å². The topological polar surface area (TPSA) is 49.4 Å². The third-order valence-corrected chi connectivity index (χ3v) is 5.44. The molecule has 0 aromatic heterocycles. The third-order valence-electron chi connectivity index (χ3n) is 3.50. The van der Waals surface area contributed by atoms with Crippen molar-refractivity contribution in [1.82, 2.24) is 9.62 Å². The molecule has 0 unspecified atom stereocenters. The van der Waals surface area contributed by atoms with Crippen molar-refractivity contribution in [1.29, 1.82) is 0 Å². The van der Waals surface area contributed by atoms with E-state index < -0.39 is 10.0 Å².